The van der Waals surface area contributed by atoms with Crippen LogP contribution < -0.4 is 5.69 Å². The Labute approximate surface area is 184 Å². The summed E-state index contributed by atoms with van der Waals surface area (Å²) in [7, 11) is 0. The summed E-state index contributed by atoms with van der Waals surface area (Å²) in [4.78, 5) is 26.8. The summed E-state index contributed by atoms with van der Waals surface area (Å²) in [5.74, 6) is -2.46. The minimum Gasteiger partial charge on any atom is -0.342 e. The van der Waals surface area contributed by atoms with Crippen molar-refractivity contribution in [2.75, 3.05) is 0 Å². The molecular formula is C24H25F2N5O. The van der Waals surface area contributed by atoms with Gasteiger partial charge in [-0.15, -0.1) is 0 Å². The molecule has 8 heteroatoms. The number of pyridine rings is 1. The summed E-state index contributed by atoms with van der Waals surface area (Å²) in [6.45, 7) is 10.1. The third-order valence-corrected chi connectivity index (χ3v) is 4.80. The lowest BCUT2D eigenvalue weighted by Gasteiger charge is -2.10. The number of rotatable bonds is 5. The lowest BCUT2D eigenvalue weighted by molar-refractivity contribution is 0.0686. The van der Waals surface area contributed by atoms with Gasteiger partial charge >= 0.3 is 5.69 Å². The number of benzene rings is 1. The van der Waals surface area contributed by atoms with E-state index < -0.39 is 5.92 Å². The molecule has 3 heterocycles. The fourth-order valence-electron chi connectivity index (χ4n) is 3.23. The molecule has 0 spiro atoms. The van der Waals surface area contributed by atoms with Crippen LogP contribution in [0.2, 0.25) is 0 Å². The van der Waals surface area contributed by atoms with Crippen molar-refractivity contribution in [1.29, 1.82) is 0 Å². The summed E-state index contributed by atoms with van der Waals surface area (Å²) < 4.78 is 28.8. The first-order valence-electron chi connectivity index (χ1n) is 10.2. The molecule has 0 aliphatic heterocycles. The number of nitrogens with zero attached hydrogens (tertiary/aromatic N) is 3. The summed E-state index contributed by atoms with van der Waals surface area (Å²) in [6.07, 6.45) is 4.08. The van der Waals surface area contributed by atoms with Crippen LogP contribution in [0.1, 0.15) is 32.2 Å². The van der Waals surface area contributed by atoms with E-state index in [4.69, 9.17) is 0 Å². The van der Waals surface area contributed by atoms with Gasteiger partial charge in [0.2, 0.25) is 0 Å². The standard InChI is InChI=1S/C22H19F2N5O.C2H6/c1-4-15(22(3,23)24)12-17-13(2)26-19(27-17)14-7-9-16(10-8-14)29-18-6-5-11-25-20(18)28-21(29)30;1-2/h4-12H,1H2,2-3H3,(H,26,27)(H,25,28,30);1-2H3/b15-12+;. The Morgan fingerprint density at radius 2 is 1.84 bits per heavy atom. The number of H-pyrrole nitrogens is 2. The monoisotopic (exact) mass is 437 g/mol. The molecule has 6 nitrogen and oxygen atoms in total. The molecule has 0 saturated heterocycles. The minimum atomic E-state index is -3.00. The van der Waals surface area contributed by atoms with E-state index in [1.165, 1.54) is 10.6 Å². The lowest BCUT2D eigenvalue weighted by atomic mass is 10.1. The third-order valence-electron chi connectivity index (χ3n) is 4.80. The Kier molecular flexibility index (Phi) is 6.53. The van der Waals surface area contributed by atoms with E-state index in [2.05, 4.69) is 26.5 Å². The average molecular weight is 437 g/mol. The molecule has 0 saturated carbocycles. The molecule has 0 radical (unpaired) electrons. The molecule has 0 atom stereocenters. The maximum atomic E-state index is 13.6. The number of hydrogen-bond acceptors (Lipinski definition) is 3. The highest BCUT2D eigenvalue weighted by molar-refractivity contribution is 5.73. The molecule has 0 unspecified atom stereocenters. The van der Waals surface area contributed by atoms with Crippen LogP contribution in [0.5, 0.6) is 0 Å². The van der Waals surface area contributed by atoms with Crippen molar-refractivity contribution in [2.45, 2.75) is 33.6 Å². The van der Waals surface area contributed by atoms with Gasteiger partial charge in [0.05, 0.1) is 16.9 Å². The van der Waals surface area contributed by atoms with Crippen LogP contribution in [0, 0.1) is 6.92 Å². The van der Waals surface area contributed by atoms with Crippen LogP contribution in [0.3, 0.4) is 0 Å². The lowest BCUT2D eigenvalue weighted by Crippen LogP contribution is -2.14. The van der Waals surface area contributed by atoms with Crippen molar-refractivity contribution in [2.24, 2.45) is 0 Å². The second kappa shape index (κ2) is 9.13. The van der Waals surface area contributed by atoms with Gasteiger partial charge in [-0.1, -0.05) is 26.5 Å². The van der Waals surface area contributed by atoms with Crippen LogP contribution in [0.25, 0.3) is 34.3 Å². The van der Waals surface area contributed by atoms with Crippen LogP contribution in [0.15, 0.2) is 65.6 Å². The number of aryl methyl sites for hydroxylation is 1. The largest absolute Gasteiger partial charge is 0.342 e. The number of aromatic nitrogens is 5. The molecule has 4 rings (SSSR count). The number of imidazole rings is 2. The van der Waals surface area contributed by atoms with Crippen molar-refractivity contribution < 1.29 is 8.78 Å². The van der Waals surface area contributed by atoms with Crippen LogP contribution in [-0.2, 0) is 0 Å². The summed E-state index contributed by atoms with van der Waals surface area (Å²) in [6, 6.07) is 10.8. The predicted octanol–water partition coefficient (Wildman–Crippen LogP) is 5.66. The zero-order valence-electron chi connectivity index (χ0n) is 18.4. The van der Waals surface area contributed by atoms with Gasteiger partial charge in [-0.25, -0.2) is 23.5 Å². The molecule has 0 fully saturated rings. The van der Waals surface area contributed by atoms with Gasteiger partial charge in [-0.05, 0) is 49.4 Å². The smallest absolute Gasteiger partial charge is 0.332 e. The van der Waals surface area contributed by atoms with Gasteiger partial charge in [0.15, 0.2) is 5.65 Å². The highest BCUT2D eigenvalue weighted by Gasteiger charge is 2.25. The molecule has 0 aliphatic rings. The first kappa shape index (κ1) is 22.9. The molecular weight excluding hydrogens is 412 g/mol. The van der Waals surface area contributed by atoms with Gasteiger partial charge < -0.3 is 4.98 Å². The van der Waals surface area contributed by atoms with Crippen LogP contribution >= 0.6 is 0 Å². The van der Waals surface area contributed by atoms with Crippen LogP contribution in [0.4, 0.5) is 8.78 Å². The molecule has 32 heavy (non-hydrogen) atoms. The SMILES string of the molecule is C=C/C(=C\c1nc(-c2ccc(-n3c(=O)[nH]c4ncccc43)cc2)[nH]c1C)C(C)(F)F.CC. The average Bonchev–Trinajstić information content (AvgIpc) is 3.31. The molecule has 3 aromatic heterocycles. The molecule has 0 bridgehead atoms. The molecule has 0 amide bonds. The maximum Gasteiger partial charge on any atom is 0.332 e. The Balaban J connectivity index is 0.00000141. The van der Waals surface area contributed by atoms with Crippen molar-refractivity contribution in [1.82, 2.24) is 24.5 Å². The Bertz CT molecular complexity index is 1320. The topological polar surface area (TPSA) is 79.4 Å². The second-order valence-electron chi connectivity index (χ2n) is 6.97. The van der Waals surface area contributed by atoms with Crippen LogP contribution in [-0.4, -0.2) is 30.4 Å². The molecule has 4 aromatic rings. The van der Waals surface area contributed by atoms with Gasteiger partial charge in [0, 0.05) is 30.0 Å². The predicted molar refractivity (Wildman–Crippen MR) is 124 cm³/mol. The maximum absolute atomic E-state index is 13.6. The number of aromatic amines is 2. The van der Waals surface area contributed by atoms with Crippen molar-refractivity contribution >= 4 is 17.2 Å². The van der Waals surface area contributed by atoms with E-state index in [9.17, 15) is 13.6 Å². The number of allylic oxidation sites excluding steroid dienone is 2. The van der Waals surface area contributed by atoms with Gasteiger partial charge in [-0.2, -0.15) is 0 Å². The van der Waals surface area contributed by atoms with Gasteiger partial charge in [0.1, 0.15) is 5.82 Å². The number of alkyl halides is 2. The first-order chi connectivity index (χ1) is 15.3. The quantitative estimate of drug-likeness (QED) is 0.395. The molecule has 2 N–H and O–H groups in total. The highest BCUT2D eigenvalue weighted by Crippen LogP contribution is 2.28. The van der Waals surface area contributed by atoms with E-state index in [1.807, 2.05) is 32.0 Å². The van der Waals surface area contributed by atoms with E-state index in [-0.39, 0.29) is 11.3 Å². The number of halogens is 2. The molecule has 166 valence electrons. The van der Waals surface area contributed by atoms with Gasteiger partial charge in [-0.3, -0.25) is 9.55 Å². The number of fused-ring (bicyclic) bond motifs is 1. The Hall–Kier alpha value is -3.81. The van der Waals surface area contributed by atoms with Crippen molar-refractivity contribution in [3.8, 4) is 17.1 Å². The Morgan fingerprint density at radius 1 is 1.16 bits per heavy atom. The van der Waals surface area contributed by atoms with E-state index in [0.717, 1.165) is 18.6 Å². The first-order valence-corrected chi connectivity index (χ1v) is 10.2. The van der Waals surface area contributed by atoms with E-state index >= 15 is 0 Å². The zero-order chi connectivity index (χ0) is 23.5. The normalized spacial score (nSPS) is 11.9. The Morgan fingerprint density at radius 3 is 2.47 bits per heavy atom. The fraction of sp³-hybridized carbons (Fsp3) is 0.208. The van der Waals surface area contributed by atoms with Gasteiger partial charge in [0.25, 0.3) is 5.92 Å². The molecule has 1 aromatic carbocycles. The number of hydrogen-bond donors (Lipinski definition) is 2. The second-order valence-corrected chi connectivity index (χ2v) is 6.97. The molecule has 0 aliphatic carbocycles. The minimum absolute atomic E-state index is 0.202. The van der Waals surface area contributed by atoms with E-state index in [1.54, 1.807) is 31.3 Å². The summed E-state index contributed by atoms with van der Waals surface area (Å²) >= 11 is 0. The summed E-state index contributed by atoms with van der Waals surface area (Å²) in [5, 5.41) is 0. The van der Waals surface area contributed by atoms with Crippen molar-refractivity contribution in [3.05, 3.63) is 82.7 Å². The van der Waals surface area contributed by atoms with E-state index in [0.29, 0.717) is 34.1 Å². The summed E-state index contributed by atoms with van der Waals surface area (Å²) in [5.41, 5.74) is 3.22. The highest BCUT2D eigenvalue weighted by atomic mass is 19.3. The fourth-order valence-corrected chi connectivity index (χ4v) is 3.23. The van der Waals surface area contributed by atoms with Crippen molar-refractivity contribution in [3.63, 3.8) is 0 Å². The third kappa shape index (κ3) is 4.44. The zero-order valence-corrected chi connectivity index (χ0v) is 18.4. The number of nitrogens with one attached hydrogen (secondary N) is 2.